The van der Waals surface area contributed by atoms with Crippen molar-refractivity contribution in [2.75, 3.05) is 0 Å². The maximum atomic E-state index is 13.0. The molecule has 0 saturated heterocycles. The van der Waals surface area contributed by atoms with E-state index >= 15 is 0 Å². The maximum absolute atomic E-state index is 13.0. The summed E-state index contributed by atoms with van der Waals surface area (Å²) in [4.78, 5) is 17.2. The summed E-state index contributed by atoms with van der Waals surface area (Å²) in [6.07, 6.45) is 3.84. The van der Waals surface area contributed by atoms with E-state index in [0.717, 1.165) is 6.08 Å². The van der Waals surface area contributed by atoms with E-state index < -0.39 is 5.97 Å². The molecule has 2 aromatic rings. The first-order valence-corrected chi connectivity index (χ1v) is 4.87. The smallest absolute Gasteiger partial charge is 0.328 e. The highest BCUT2D eigenvalue weighted by molar-refractivity contribution is 5.84. The Kier molecular flexibility index (Phi) is 3.00. The molecule has 5 heteroatoms. The summed E-state index contributed by atoms with van der Waals surface area (Å²) in [5, 5.41) is 8.46. The lowest BCUT2D eigenvalue weighted by Gasteiger charge is -1.96. The van der Waals surface area contributed by atoms with Gasteiger partial charge in [-0.3, -0.25) is 0 Å². The maximum Gasteiger partial charge on any atom is 0.328 e. The van der Waals surface area contributed by atoms with Crippen molar-refractivity contribution >= 4 is 12.0 Å². The lowest BCUT2D eigenvalue weighted by Crippen LogP contribution is -1.86. The molecule has 0 aliphatic heterocycles. The molecular formula is C12H9FN2O2. The van der Waals surface area contributed by atoms with Gasteiger partial charge in [-0.05, 0) is 18.2 Å². The zero-order valence-corrected chi connectivity index (χ0v) is 8.72. The first kappa shape index (κ1) is 11.1. The molecular weight excluding hydrogens is 223 g/mol. The zero-order chi connectivity index (χ0) is 12.3. The molecule has 1 aromatic heterocycles. The van der Waals surface area contributed by atoms with Gasteiger partial charge in [-0.25, -0.2) is 14.2 Å². The van der Waals surface area contributed by atoms with Crippen molar-refractivity contribution in [2.24, 2.45) is 0 Å². The molecule has 2 rings (SSSR count). The number of carboxylic acids is 1. The van der Waals surface area contributed by atoms with Crippen LogP contribution < -0.4 is 0 Å². The summed E-state index contributed by atoms with van der Waals surface area (Å²) in [6, 6.07) is 6.06. The molecule has 0 fully saturated rings. The third kappa shape index (κ3) is 2.78. The molecule has 0 bridgehead atoms. The summed E-state index contributed by atoms with van der Waals surface area (Å²) < 4.78 is 13.0. The van der Waals surface area contributed by atoms with Gasteiger partial charge < -0.3 is 10.1 Å². The average molecular weight is 232 g/mol. The van der Waals surface area contributed by atoms with Crippen LogP contribution in [0.5, 0.6) is 0 Å². The van der Waals surface area contributed by atoms with Crippen LogP contribution in [0.15, 0.2) is 36.5 Å². The van der Waals surface area contributed by atoms with Crippen LogP contribution in [-0.4, -0.2) is 21.0 Å². The van der Waals surface area contributed by atoms with Gasteiger partial charge in [-0.2, -0.15) is 0 Å². The van der Waals surface area contributed by atoms with Gasteiger partial charge in [0.2, 0.25) is 0 Å². The van der Waals surface area contributed by atoms with Crippen LogP contribution in [0.3, 0.4) is 0 Å². The highest BCUT2D eigenvalue weighted by Gasteiger charge is 2.02. The molecule has 0 atom stereocenters. The molecule has 0 aliphatic carbocycles. The number of benzene rings is 1. The van der Waals surface area contributed by atoms with Gasteiger partial charge in [0.1, 0.15) is 11.6 Å². The highest BCUT2D eigenvalue weighted by Crippen LogP contribution is 2.18. The second kappa shape index (κ2) is 4.61. The van der Waals surface area contributed by atoms with Gasteiger partial charge in [0.25, 0.3) is 0 Å². The minimum Gasteiger partial charge on any atom is -0.478 e. The van der Waals surface area contributed by atoms with Crippen LogP contribution in [0, 0.1) is 5.82 Å². The predicted octanol–water partition coefficient (Wildman–Crippen LogP) is 2.31. The van der Waals surface area contributed by atoms with Crippen LogP contribution in [-0.2, 0) is 4.79 Å². The first-order valence-electron chi connectivity index (χ1n) is 4.87. The lowest BCUT2D eigenvalue weighted by atomic mass is 10.2. The second-order valence-corrected chi connectivity index (χ2v) is 3.36. The molecule has 0 saturated carbocycles. The van der Waals surface area contributed by atoms with Crippen molar-refractivity contribution in [3.8, 4) is 11.3 Å². The third-order valence-corrected chi connectivity index (χ3v) is 2.11. The summed E-state index contributed by atoms with van der Waals surface area (Å²) >= 11 is 0. The predicted molar refractivity (Wildman–Crippen MR) is 60.7 cm³/mol. The van der Waals surface area contributed by atoms with Crippen LogP contribution in [0.1, 0.15) is 5.82 Å². The number of imidazole rings is 1. The molecule has 0 spiro atoms. The van der Waals surface area contributed by atoms with Crippen molar-refractivity contribution in [1.29, 1.82) is 0 Å². The van der Waals surface area contributed by atoms with Crippen LogP contribution in [0.25, 0.3) is 17.3 Å². The number of carbonyl (C=O) groups is 1. The first-order chi connectivity index (χ1) is 8.15. The Labute approximate surface area is 96.4 Å². The fourth-order valence-electron chi connectivity index (χ4n) is 1.37. The molecule has 1 heterocycles. The number of aromatic nitrogens is 2. The number of aromatic amines is 1. The molecule has 0 radical (unpaired) electrons. The number of carboxylic acid groups (broad SMARTS) is 1. The van der Waals surface area contributed by atoms with Crippen molar-refractivity contribution in [1.82, 2.24) is 9.97 Å². The van der Waals surface area contributed by atoms with E-state index in [2.05, 4.69) is 9.97 Å². The Morgan fingerprint density at radius 3 is 3.00 bits per heavy atom. The average Bonchev–Trinajstić information content (AvgIpc) is 2.75. The highest BCUT2D eigenvalue weighted by atomic mass is 19.1. The van der Waals surface area contributed by atoms with Crippen LogP contribution in [0.2, 0.25) is 0 Å². The minimum atomic E-state index is -1.05. The molecule has 0 aliphatic rings. The molecule has 17 heavy (non-hydrogen) atoms. The van der Waals surface area contributed by atoms with E-state index in [-0.39, 0.29) is 5.82 Å². The fraction of sp³-hybridized carbons (Fsp3) is 0. The number of H-pyrrole nitrogens is 1. The Hall–Kier alpha value is -2.43. The number of halogens is 1. The summed E-state index contributed by atoms with van der Waals surface area (Å²) in [7, 11) is 0. The molecule has 0 unspecified atom stereocenters. The quantitative estimate of drug-likeness (QED) is 0.798. The van der Waals surface area contributed by atoms with Crippen LogP contribution >= 0.6 is 0 Å². The molecule has 4 nitrogen and oxygen atoms in total. The van der Waals surface area contributed by atoms with Gasteiger partial charge in [0.15, 0.2) is 0 Å². The second-order valence-electron chi connectivity index (χ2n) is 3.36. The van der Waals surface area contributed by atoms with Crippen molar-refractivity contribution in [3.63, 3.8) is 0 Å². The third-order valence-electron chi connectivity index (χ3n) is 2.11. The monoisotopic (exact) mass is 232 g/mol. The summed E-state index contributed by atoms with van der Waals surface area (Å²) in [5.74, 6) is -0.972. The molecule has 2 N–H and O–H groups in total. The van der Waals surface area contributed by atoms with E-state index in [1.165, 1.54) is 24.4 Å². The Bertz CT molecular complexity index is 575. The van der Waals surface area contributed by atoms with E-state index in [4.69, 9.17) is 5.11 Å². The SMILES string of the molecule is O=C(O)/C=C/c1ncc(-c2cccc(F)c2)[nH]1. The lowest BCUT2D eigenvalue weighted by molar-refractivity contribution is -0.131. The van der Waals surface area contributed by atoms with E-state index in [0.29, 0.717) is 17.1 Å². The van der Waals surface area contributed by atoms with E-state index in [9.17, 15) is 9.18 Å². The number of rotatable bonds is 3. The van der Waals surface area contributed by atoms with Gasteiger partial charge in [-0.15, -0.1) is 0 Å². The minimum absolute atomic E-state index is 0.334. The topological polar surface area (TPSA) is 66.0 Å². The van der Waals surface area contributed by atoms with E-state index in [1.807, 2.05) is 0 Å². The largest absolute Gasteiger partial charge is 0.478 e. The Morgan fingerprint density at radius 1 is 1.47 bits per heavy atom. The normalized spacial score (nSPS) is 10.9. The number of hydrogen-bond donors (Lipinski definition) is 2. The van der Waals surface area contributed by atoms with Gasteiger partial charge in [0.05, 0.1) is 11.9 Å². The molecule has 0 amide bonds. The standard InChI is InChI=1S/C12H9FN2O2/c13-9-3-1-2-8(6-9)10-7-14-11(15-10)4-5-12(16)17/h1-7H,(H,14,15)(H,16,17)/b5-4+. The number of hydrogen-bond acceptors (Lipinski definition) is 2. The van der Waals surface area contributed by atoms with E-state index in [1.54, 1.807) is 12.1 Å². The molecule has 86 valence electrons. The number of aliphatic carboxylic acids is 1. The Morgan fingerprint density at radius 2 is 2.29 bits per heavy atom. The summed E-state index contributed by atoms with van der Waals surface area (Å²) in [6.45, 7) is 0. The van der Waals surface area contributed by atoms with Crippen molar-refractivity contribution < 1.29 is 14.3 Å². The summed E-state index contributed by atoms with van der Waals surface area (Å²) in [5.41, 5.74) is 1.29. The van der Waals surface area contributed by atoms with Gasteiger partial charge in [0, 0.05) is 11.6 Å². The number of nitrogens with zero attached hydrogens (tertiary/aromatic N) is 1. The zero-order valence-electron chi connectivity index (χ0n) is 8.72. The fourth-order valence-corrected chi connectivity index (χ4v) is 1.37. The van der Waals surface area contributed by atoms with Gasteiger partial charge >= 0.3 is 5.97 Å². The van der Waals surface area contributed by atoms with Crippen LogP contribution in [0.4, 0.5) is 4.39 Å². The Balaban J connectivity index is 2.27. The van der Waals surface area contributed by atoms with Crippen molar-refractivity contribution in [3.05, 3.63) is 48.2 Å². The molecule has 1 aromatic carbocycles. The van der Waals surface area contributed by atoms with Crippen molar-refractivity contribution in [2.45, 2.75) is 0 Å². The van der Waals surface area contributed by atoms with Gasteiger partial charge in [-0.1, -0.05) is 12.1 Å². The number of nitrogens with one attached hydrogen (secondary N) is 1.